The van der Waals surface area contributed by atoms with Crippen LogP contribution in [0.3, 0.4) is 0 Å². The van der Waals surface area contributed by atoms with E-state index in [0.29, 0.717) is 33.5 Å². The summed E-state index contributed by atoms with van der Waals surface area (Å²) in [5, 5.41) is 6.10. The second-order valence-electron chi connectivity index (χ2n) is 5.73. The summed E-state index contributed by atoms with van der Waals surface area (Å²) >= 11 is 5.89. The maximum Gasteiger partial charge on any atom is 0.257 e. The van der Waals surface area contributed by atoms with Crippen molar-refractivity contribution in [1.82, 2.24) is 0 Å². The Morgan fingerprint density at radius 3 is 2.15 bits per heavy atom. The van der Waals surface area contributed by atoms with Gasteiger partial charge in [0.1, 0.15) is 5.75 Å². The van der Waals surface area contributed by atoms with Crippen molar-refractivity contribution >= 4 is 34.8 Å². The van der Waals surface area contributed by atoms with Gasteiger partial charge < -0.3 is 15.4 Å². The van der Waals surface area contributed by atoms with Crippen molar-refractivity contribution in [2.24, 2.45) is 0 Å². The number of rotatable bonds is 5. The van der Waals surface area contributed by atoms with Crippen molar-refractivity contribution in [1.29, 1.82) is 0 Å². The van der Waals surface area contributed by atoms with Crippen molar-refractivity contribution in [3.63, 3.8) is 0 Å². The summed E-state index contributed by atoms with van der Waals surface area (Å²) in [6.45, 7) is 1.39. The van der Waals surface area contributed by atoms with E-state index in [-0.39, 0.29) is 11.8 Å². The van der Waals surface area contributed by atoms with E-state index >= 15 is 0 Å². The number of carbonyl (C=O) groups excluding carboxylic acids is 2. The van der Waals surface area contributed by atoms with E-state index in [9.17, 15) is 9.59 Å². The molecule has 3 aromatic carbocycles. The highest BCUT2D eigenvalue weighted by molar-refractivity contribution is 6.30. The first-order chi connectivity index (χ1) is 13.0. The molecule has 3 aromatic rings. The maximum atomic E-state index is 12.7. The van der Waals surface area contributed by atoms with Crippen LogP contribution in [0.2, 0.25) is 5.02 Å². The van der Waals surface area contributed by atoms with Gasteiger partial charge in [-0.25, -0.2) is 0 Å². The smallest absolute Gasteiger partial charge is 0.257 e. The van der Waals surface area contributed by atoms with E-state index < -0.39 is 0 Å². The molecule has 0 saturated carbocycles. The number of para-hydroxylation sites is 3. The molecule has 0 spiro atoms. The van der Waals surface area contributed by atoms with Gasteiger partial charge in [0.2, 0.25) is 5.91 Å². The average Bonchev–Trinajstić information content (AvgIpc) is 2.65. The van der Waals surface area contributed by atoms with Gasteiger partial charge in [-0.15, -0.1) is 0 Å². The first-order valence-electron chi connectivity index (χ1n) is 8.23. The number of benzene rings is 3. The van der Waals surface area contributed by atoms with E-state index in [0.717, 1.165) is 0 Å². The number of hydrogen-bond acceptors (Lipinski definition) is 3. The zero-order chi connectivity index (χ0) is 19.2. The fraction of sp³-hybridized carbons (Fsp3) is 0.0476. The lowest BCUT2D eigenvalue weighted by Gasteiger charge is -2.14. The van der Waals surface area contributed by atoms with Gasteiger partial charge in [0.25, 0.3) is 5.91 Å². The third-order valence-corrected chi connectivity index (χ3v) is 3.91. The molecule has 136 valence electrons. The largest absolute Gasteiger partial charge is 0.455 e. The molecular formula is C21H17ClN2O3. The lowest BCUT2D eigenvalue weighted by atomic mass is 10.1. The molecule has 5 nitrogen and oxygen atoms in total. The van der Waals surface area contributed by atoms with Crippen LogP contribution >= 0.6 is 11.6 Å². The predicted molar refractivity (Wildman–Crippen MR) is 107 cm³/mol. The van der Waals surface area contributed by atoms with E-state index in [4.69, 9.17) is 16.3 Å². The standard InChI is InChI=1S/C21H17ClN2O3/c1-14(25)23-18-7-3-2-6-17(18)21(26)24-19-8-4-5-9-20(19)27-16-12-10-15(22)11-13-16/h2-13H,1H3,(H,23,25)(H,24,26). The highest BCUT2D eigenvalue weighted by atomic mass is 35.5. The van der Waals surface area contributed by atoms with Crippen molar-refractivity contribution < 1.29 is 14.3 Å². The van der Waals surface area contributed by atoms with E-state index in [2.05, 4.69) is 10.6 Å². The second-order valence-corrected chi connectivity index (χ2v) is 6.17. The van der Waals surface area contributed by atoms with Gasteiger partial charge >= 0.3 is 0 Å². The molecule has 0 aromatic heterocycles. The number of nitrogens with one attached hydrogen (secondary N) is 2. The molecule has 0 fully saturated rings. The minimum absolute atomic E-state index is 0.248. The van der Waals surface area contributed by atoms with Gasteiger partial charge in [-0.3, -0.25) is 9.59 Å². The molecule has 0 aliphatic rings. The third kappa shape index (κ3) is 4.86. The van der Waals surface area contributed by atoms with Crippen LogP contribution in [0, 0.1) is 0 Å². The van der Waals surface area contributed by atoms with Crippen LogP contribution < -0.4 is 15.4 Å². The number of amides is 2. The van der Waals surface area contributed by atoms with Crippen LogP contribution in [0.4, 0.5) is 11.4 Å². The monoisotopic (exact) mass is 380 g/mol. The summed E-state index contributed by atoms with van der Waals surface area (Å²) in [5.74, 6) is 0.484. The quantitative estimate of drug-likeness (QED) is 0.627. The molecule has 3 rings (SSSR count). The minimum Gasteiger partial charge on any atom is -0.455 e. The fourth-order valence-electron chi connectivity index (χ4n) is 2.46. The maximum absolute atomic E-state index is 12.7. The highest BCUT2D eigenvalue weighted by Gasteiger charge is 2.14. The molecule has 0 aliphatic carbocycles. The lowest BCUT2D eigenvalue weighted by molar-refractivity contribution is -0.114. The molecule has 0 heterocycles. The molecule has 0 atom stereocenters. The van der Waals surface area contributed by atoms with Crippen LogP contribution in [-0.2, 0) is 4.79 Å². The van der Waals surface area contributed by atoms with Crippen LogP contribution in [0.25, 0.3) is 0 Å². The molecule has 0 radical (unpaired) electrons. The van der Waals surface area contributed by atoms with E-state index in [1.807, 2.05) is 6.07 Å². The Balaban J connectivity index is 1.83. The normalized spacial score (nSPS) is 10.1. The molecule has 0 saturated heterocycles. The van der Waals surface area contributed by atoms with E-state index in [1.54, 1.807) is 66.7 Å². The Kier molecular flexibility index (Phi) is 5.74. The third-order valence-electron chi connectivity index (χ3n) is 3.66. The average molecular weight is 381 g/mol. The van der Waals surface area contributed by atoms with Crippen LogP contribution in [-0.4, -0.2) is 11.8 Å². The Hall–Kier alpha value is -3.31. The zero-order valence-electron chi connectivity index (χ0n) is 14.5. The summed E-state index contributed by atoms with van der Waals surface area (Å²) in [6, 6.07) is 20.8. The number of halogens is 1. The summed E-state index contributed by atoms with van der Waals surface area (Å²) < 4.78 is 5.85. The van der Waals surface area contributed by atoms with Crippen molar-refractivity contribution in [3.8, 4) is 11.5 Å². The van der Waals surface area contributed by atoms with Gasteiger partial charge in [0, 0.05) is 11.9 Å². The van der Waals surface area contributed by atoms with E-state index in [1.165, 1.54) is 6.92 Å². The Labute approximate surface area is 161 Å². The number of ether oxygens (including phenoxy) is 1. The molecule has 2 N–H and O–H groups in total. The van der Waals surface area contributed by atoms with Gasteiger partial charge in [0.05, 0.1) is 16.9 Å². The number of carbonyl (C=O) groups is 2. The number of anilines is 2. The second kappa shape index (κ2) is 8.38. The van der Waals surface area contributed by atoms with Crippen LogP contribution in [0.5, 0.6) is 11.5 Å². The predicted octanol–water partition coefficient (Wildman–Crippen LogP) is 5.34. The fourth-order valence-corrected chi connectivity index (χ4v) is 2.58. The topological polar surface area (TPSA) is 67.4 Å². The molecule has 0 unspecified atom stereocenters. The first-order valence-corrected chi connectivity index (χ1v) is 8.61. The van der Waals surface area contributed by atoms with Crippen LogP contribution in [0.1, 0.15) is 17.3 Å². The van der Waals surface area contributed by atoms with Crippen molar-refractivity contribution in [2.45, 2.75) is 6.92 Å². The Morgan fingerprint density at radius 1 is 0.815 bits per heavy atom. The summed E-state index contributed by atoms with van der Waals surface area (Å²) in [5.41, 5.74) is 1.31. The summed E-state index contributed by atoms with van der Waals surface area (Å²) in [7, 11) is 0. The van der Waals surface area contributed by atoms with Crippen molar-refractivity contribution in [3.05, 3.63) is 83.4 Å². The Morgan fingerprint density at radius 2 is 1.44 bits per heavy atom. The van der Waals surface area contributed by atoms with Gasteiger partial charge in [0.15, 0.2) is 5.75 Å². The lowest BCUT2D eigenvalue weighted by Crippen LogP contribution is -2.16. The minimum atomic E-state index is -0.355. The van der Waals surface area contributed by atoms with Gasteiger partial charge in [-0.1, -0.05) is 35.9 Å². The molecule has 27 heavy (non-hydrogen) atoms. The molecule has 2 amide bonds. The number of hydrogen-bond donors (Lipinski definition) is 2. The van der Waals surface area contributed by atoms with Crippen LogP contribution in [0.15, 0.2) is 72.8 Å². The highest BCUT2D eigenvalue weighted by Crippen LogP contribution is 2.30. The summed E-state index contributed by atoms with van der Waals surface area (Å²) in [4.78, 5) is 24.1. The van der Waals surface area contributed by atoms with Gasteiger partial charge in [-0.2, -0.15) is 0 Å². The zero-order valence-corrected chi connectivity index (χ0v) is 15.3. The first kappa shape index (κ1) is 18.5. The molecular weight excluding hydrogens is 364 g/mol. The Bertz CT molecular complexity index is 971. The SMILES string of the molecule is CC(=O)Nc1ccccc1C(=O)Nc1ccccc1Oc1ccc(Cl)cc1. The summed E-state index contributed by atoms with van der Waals surface area (Å²) in [6.07, 6.45) is 0. The van der Waals surface area contributed by atoms with Crippen molar-refractivity contribution in [2.75, 3.05) is 10.6 Å². The molecule has 0 aliphatic heterocycles. The van der Waals surface area contributed by atoms with Gasteiger partial charge in [-0.05, 0) is 48.5 Å². The molecule has 6 heteroatoms. The molecule has 0 bridgehead atoms.